The minimum absolute atomic E-state index is 0.0969. The monoisotopic (exact) mass is 489 g/mol. The highest BCUT2D eigenvalue weighted by Gasteiger charge is 2.47. The van der Waals surface area contributed by atoms with Crippen molar-refractivity contribution in [2.75, 3.05) is 11.5 Å². The fourth-order valence-corrected chi connectivity index (χ4v) is 5.21. The predicted octanol–water partition coefficient (Wildman–Crippen LogP) is 6.69. The van der Waals surface area contributed by atoms with Gasteiger partial charge in [0.25, 0.3) is 11.7 Å². The molecule has 1 atom stereocenters. The summed E-state index contributed by atoms with van der Waals surface area (Å²) in [5, 5.41) is 13.4. The molecule has 35 heavy (non-hydrogen) atoms. The largest absolute Gasteiger partial charge is 0.507 e. The van der Waals surface area contributed by atoms with E-state index in [4.69, 9.17) is 4.74 Å². The average molecular weight is 490 g/mol. The number of hydrogen-bond donors (Lipinski definition) is 1. The smallest absolute Gasteiger partial charge is 0.300 e. The van der Waals surface area contributed by atoms with Crippen LogP contribution in [0.25, 0.3) is 5.76 Å². The minimum Gasteiger partial charge on any atom is -0.507 e. The molecule has 1 aromatic heterocycles. The standard InChI is InChI=1S/C29H31NO4S/c1-7-34-22-13-11-19(16-21(22)29(4,5)6)26(31)24-25(23-9-8-14-35-23)30(28(33)27(24)32)20-12-10-17(2)18(3)15-20/h8-16,25,31H,7H2,1-6H3/b26-24-. The minimum atomic E-state index is -0.707. The number of anilines is 1. The van der Waals surface area contributed by atoms with Gasteiger partial charge in [-0.25, -0.2) is 0 Å². The summed E-state index contributed by atoms with van der Waals surface area (Å²) in [5.74, 6) is -0.774. The van der Waals surface area contributed by atoms with E-state index in [9.17, 15) is 14.7 Å². The molecule has 0 spiro atoms. The molecule has 1 aliphatic rings. The van der Waals surface area contributed by atoms with Gasteiger partial charge in [0.1, 0.15) is 17.6 Å². The lowest BCUT2D eigenvalue weighted by Crippen LogP contribution is -2.29. The summed E-state index contributed by atoms with van der Waals surface area (Å²) < 4.78 is 5.81. The number of nitrogens with zero attached hydrogens (tertiary/aromatic N) is 1. The summed E-state index contributed by atoms with van der Waals surface area (Å²) in [5.41, 5.74) is 4.00. The number of aliphatic hydroxyl groups excluding tert-OH is 1. The summed E-state index contributed by atoms with van der Waals surface area (Å²) >= 11 is 1.45. The molecule has 2 aromatic carbocycles. The Labute approximate surface area is 210 Å². The first kappa shape index (κ1) is 24.7. The van der Waals surface area contributed by atoms with E-state index in [2.05, 4.69) is 20.8 Å². The van der Waals surface area contributed by atoms with Crippen LogP contribution in [0.3, 0.4) is 0 Å². The zero-order chi connectivity index (χ0) is 25.5. The van der Waals surface area contributed by atoms with E-state index in [1.807, 2.05) is 68.6 Å². The van der Waals surface area contributed by atoms with Gasteiger partial charge in [0.15, 0.2) is 0 Å². The van der Waals surface area contributed by atoms with Gasteiger partial charge >= 0.3 is 0 Å². The number of amides is 1. The second kappa shape index (κ2) is 9.34. The molecule has 3 aromatic rings. The average Bonchev–Trinajstić information content (AvgIpc) is 3.42. The number of ketones is 1. The summed E-state index contributed by atoms with van der Waals surface area (Å²) in [6, 6.07) is 14.2. The third kappa shape index (κ3) is 4.50. The number of Topliss-reactive ketones (excluding diaryl/α,β-unsaturated/α-hetero) is 1. The summed E-state index contributed by atoms with van der Waals surface area (Å²) in [7, 11) is 0. The normalized spacial score (nSPS) is 17.8. The molecule has 0 saturated carbocycles. The van der Waals surface area contributed by atoms with Gasteiger partial charge < -0.3 is 9.84 Å². The number of carbonyl (C=O) groups excluding carboxylic acids is 2. The van der Waals surface area contributed by atoms with E-state index in [0.717, 1.165) is 27.3 Å². The molecular formula is C29H31NO4S. The van der Waals surface area contributed by atoms with Gasteiger partial charge in [-0.15, -0.1) is 11.3 Å². The van der Waals surface area contributed by atoms with Crippen LogP contribution in [0.4, 0.5) is 5.69 Å². The Balaban J connectivity index is 1.92. The SMILES string of the molecule is CCOc1ccc(/C(O)=C2/C(=O)C(=O)N(c3ccc(C)c(C)c3)C2c2cccs2)cc1C(C)(C)C. The van der Waals surface area contributed by atoms with Crippen LogP contribution >= 0.6 is 11.3 Å². The Bertz CT molecular complexity index is 1310. The first-order chi connectivity index (χ1) is 16.5. The van der Waals surface area contributed by atoms with Crippen molar-refractivity contribution < 1.29 is 19.4 Å². The molecule has 1 fully saturated rings. The fourth-order valence-electron chi connectivity index (χ4n) is 4.39. The van der Waals surface area contributed by atoms with Crippen LogP contribution in [0.2, 0.25) is 0 Å². The molecule has 4 rings (SSSR count). The fraction of sp³-hybridized carbons (Fsp3) is 0.310. The molecule has 0 radical (unpaired) electrons. The maximum atomic E-state index is 13.4. The molecule has 1 N–H and O–H groups in total. The third-order valence-electron chi connectivity index (χ3n) is 6.39. The van der Waals surface area contributed by atoms with Gasteiger partial charge in [-0.05, 0) is 79.1 Å². The van der Waals surface area contributed by atoms with Crippen LogP contribution in [-0.4, -0.2) is 23.4 Å². The highest BCUT2D eigenvalue weighted by molar-refractivity contribution is 7.10. The highest BCUT2D eigenvalue weighted by Crippen LogP contribution is 2.44. The molecule has 1 saturated heterocycles. The molecule has 1 aliphatic heterocycles. The van der Waals surface area contributed by atoms with Crippen molar-refractivity contribution in [3.63, 3.8) is 0 Å². The quantitative estimate of drug-likeness (QED) is 0.246. The lowest BCUT2D eigenvalue weighted by molar-refractivity contribution is -0.132. The van der Waals surface area contributed by atoms with E-state index >= 15 is 0 Å². The van der Waals surface area contributed by atoms with Gasteiger partial charge in [0.2, 0.25) is 0 Å². The predicted molar refractivity (Wildman–Crippen MR) is 141 cm³/mol. The van der Waals surface area contributed by atoms with E-state index in [1.165, 1.54) is 16.2 Å². The van der Waals surface area contributed by atoms with Crippen molar-refractivity contribution in [1.29, 1.82) is 0 Å². The number of aliphatic hydroxyl groups is 1. The van der Waals surface area contributed by atoms with Crippen molar-refractivity contribution in [2.24, 2.45) is 0 Å². The maximum absolute atomic E-state index is 13.4. The number of ether oxygens (including phenoxy) is 1. The molecule has 0 bridgehead atoms. The zero-order valence-corrected chi connectivity index (χ0v) is 21.8. The highest BCUT2D eigenvalue weighted by atomic mass is 32.1. The summed E-state index contributed by atoms with van der Waals surface area (Å²) in [6.07, 6.45) is 0. The maximum Gasteiger partial charge on any atom is 0.300 e. The third-order valence-corrected chi connectivity index (χ3v) is 7.31. The first-order valence-corrected chi connectivity index (χ1v) is 12.6. The van der Waals surface area contributed by atoms with E-state index in [-0.39, 0.29) is 16.7 Å². The molecule has 2 heterocycles. The Morgan fingerprint density at radius 2 is 1.80 bits per heavy atom. The molecule has 1 amide bonds. The summed E-state index contributed by atoms with van der Waals surface area (Å²) in [4.78, 5) is 29.0. The van der Waals surface area contributed by atoms with E-state index < -0.39 is 17.7 Å². The van der Waals surface area contributed by atoms with Gasteiger partial charge in [-0.3, -0.25) is 14.5 Å². The number of aryl methyl sites for hydroxylation is 2. The topological polar surface area (TPSA) is 66.8 Å². The van der Waals surface area contributed by atoms with Crippen LogP contribution in [0.5, 0.6) is 5.75 Å². The van der Waals surface area contributed by atoms with Crippen LogP contribution < -0.4 is 9.64 Å². The Morgan fingerprint density at radius 3 is 2.40 bits per heavy atom. The van der Waals surface area contributed by atoms with Crippen molar-refractivity contribution >= 4 is 34.5 Å². The van der Waals surface area contributed by atoms with Crippen LogP contribution in [0, 0.1) is 13.8 Å². The van der Waals surface area contributed by atoms with Crippen molar-refractivity contribution in [1.82, 2.24) is 0 Å². The first-order valence-electron chi connectivity index (χ1n) is 11.7. The van der Waals surface area contributed by atoms with Crippen molar-refractivity contribution in [3.05, 3.63) is 86.6 Å². The van der Waals surface area contributed by atoms with Gasteiger partial charge in [0.05, 0.1) is 12.2 Å². The Hall–Kier alpha value is -3.38. The lowest BCUT2D eigenvalue weighted by Gasteiger charge is -2.25. The molecule has 0 aliphatic carbocycles. The number of thiophene rings is 1. The Morgan fingerprint density at radius 1 is 1.06 bits per heavy atom. The van der Waals surface area contributed by atoms with Gasteiger partial charge in [0, 0.05) is 21.7 Å². The second-order valence-corrected chi connectivity index (χ2v) is 10.8. The van der Waals surface area contributed by atoms with Gasteiger partial charge in [-0.1, -0.05) is 32.9 Å². The lowest BCUT2D eigenvalue weighted by atomic mass is 9.84. The Kier molecular flexibility index (Phi) is 6.60. The zero-order valence-electron chi connectivity index (χ0n) is 21.0. The van der Waals surface area contributed by atoms with Crippen LogP contribution in [-0.2, 0) is 15.0 Å². The number of rotatable bonds is 5. The molecular weight excluding hydrogens is 458 g/mol. The van der Waals surface area contributed by atoms with E-state index in [0.29, 0.717) is 17.9 Å². The summed E-state index contributed by atoms with van der Waals surface area (Å²) in [6.45, 7) is 12.6. The molecule has 1 unspecified atom stereocenters. The number of carbonyl (C=O) groups is 2. The number of hydrogen-bond acceptors (Lipinski definition) is 5. The van der Waals surface area contributed by atoms with Crippen molar-refractivity contribution in [3.8, 4) is 5.75 Å². The van der Waals surface area contributed by atoms with Crippen LogP contribution in [0.15, 0.2) is 59.5 Å². The molecule has 182 valence electrons. The van der Waals surface area contributed by atoms with Crippen molar-refractivity contribution in [2.45, 2.75) is 53.0 Å². The van der Waals surface area contributed by atoms with Crippen LogP contribution in [0.1, 0.15) is 60.9 Å². The van der Waals surface area contributed by atoms with Gasteiger partial charge in [-0.2, -0.15) is 0 Å². The molecule has 6 heteroatoms. The van der Waals surface area contributed by atoms with E-state index in [1.54, 1.807) is 6.07 Å². The second-order valence-electron chi connectivity index (χ2n) is 9.85. The number of benzene rings is 2. The molecule has 5 nitrogen and oxygen atoms in total.